The molecule has 0 unspecified atom stereocenters. The first-order valence-corrected chi connectivity index (χ1v) is 6.58. The normalized spacial score (nSPS) is 21.2. The Morgan fingerprint density at radius 3 is 2.42 bits per heavy atom. The van der Waals surface area contributed by atoms with Gasteiger partial charge in [0.05, 0.1) is 29.2 Å². The van der Waals surface area contributed by atoms with Gasteiger partial charge in [-0.1, -0.05) is 6.07 Å². The fraction of sp³-hybridized carbons (Fsp3) is 0.500. The Kier molecular flexibility index (Phi) is 2.56. The third-order valence-corrected chi connectivity index (χ3v) is 4.27. The van der Waals surface area contributed by atoms with Gasteiger partial charge in [0.15, 0.2) is 0 Å². The molecule has 19 heavy (non-hydrogen) atoms. The van der Waals surface area contributed by atoms with E-state index in [1.54, 1.807) is 6.33 Å². The minimum atomic E-state index is -0.324. The van der Waals surface area contributed by atoms with Crippen LogP contribution in [0.5, 0.6) is 0 Å². The van der Waals surface area contributed by atoms with Crippen LogP contribution in [0.2, 0.25) is 0 Å². The quantitative estimate of drug-likeness (QED) is 0.733. The van der Waals surface area contributed by atoms with Crippen molar-refractivity contribution in [3.05, 3.63) is 30.4 Å². The molecule has 1 saturated heterocycles. The van der Waals surface area contributed by atoms with Crippen molar-refractivity contribution in [2.75, 3.05) is 0 Å². The number of imidazole rings is 1. The summed E-state index contributed by atoms with van der Waals surface area (Å²) in [4.78, 5) is 4.17. The van der Waals surface area contributed by atoms with E-state index in [2.05, 4.69) is 45.7 Å². The molecular weight excluding hydrogens is 239 g/mol. The number of fused-ring (bicyclic) bond motifs is 1. The first-order valence-electron chi connectivity index (χ1n) is 6.58. The van der Waals surface area contributed by atoms with Gasteiger partial charge in [-0.3, -0.25) is 0 Å². The van der Waals surface area contributed by atoms with Gasteiger partial charge < -0.3 is 13.7 Å². The summed E-state index contributed by atoms with van der Waals surface area (Å²) in [5.74, 6) is 0. The zero-order valence-corrected chi connectivity index (χ0v) is 12.1. The summed E-state index contributed by atoms with van der Waals surface area (Å²) < 4.78 is 14.2. The van der Waals surface area contributed by atoms with Crippen LogP contribution in [0.3, 0.4) is 0 Å². The summed E-state index contributed by atoms with van der Waals surface area (Å²) in [6, 6.07) is 2.11. The van der Waals surface area contributed by atoms with Gasteiger partial charge in [-0.25, -0.2) is 4.98 Å². The molecule has 0 saturated carbocycles. The molecule has 0 aromatic carbocycles. The van der Waals surface area contributed by atoms with E-state index >= 15 is 0 Å². The monoisotopic (exact) mass is 258 g/mol. The van der Waals surface area contributed by atoms with Crippen LogP contribution in [0.1, 0.15) is 33.3 Å². The van der Waals surface area contributed by atoms with Crippen molar-refractivity contribution >= 4 is 18.1 Å². The molecule has 5 heteroatoms. The van der Waals surface area contributed by atoms with Gasteiger partial charge in [-0.15, -0.1) is 0 Å². The Balaban J connectivity index is 2.02. The number of aromatic nitrogens is 2. The summed E-state index contributed by atoms with van der Waals surface area (Å²) in [6.45, 7) is 10.3. The fourth-order valence-electron chi connectivity index (χ4n) is 2.34. The highest BCUT2D eigenvalue weighted by Gasteiger charge is 2.51. The molecule has 3 rings (SSSR count). The van der Waals surface area contributed by atoms with Crippen LogP contribution in [-0.4, -0.2) is 27.7 Å². The van der Waals surface area contributed by atoms with Crippen molar-refractivity contribution in [2.24, 2.45) is 0 Å². The Labute approximate surface area is 113 Å². The molecule has 3 heterocycles. The molecule has 0 bridgehead atoms. The maximum atomic E-state index is 6.07. The van der Waals surface area contributed by atoms with Crippen LogP contribution >= 0.6 is 0 Å². The smallest absolute Gasteiger partial charge is 0.399 e. The SMILES string of the molecule is Cc1cc(B2OC(C)(C)C(C)(C)O2)cn2cncc12. The molecule has 1 aliphatic heterocycles. The number of hydrogen-bond acceptors (Lipinski definition) is 3. The van der Waals surface area contributed by atoms with Crippen LogP contribution in [0.4, 0.5) is 0 Å². The summed E-state index contributed by atoms with van der Waals surface area (Å²) in [6.07, 6.45) is 5.69. The largest absolute Gasteiger partial charge is 0.496 e. The molecule has 1 fully saturated rings. The second-order valence-corrected chi connectivity index (χ2v) is 6.23. The highest BCUT2D eigenvalue weighted by Crippen LogP contribution is 2.36. The lowest BCUT2D eigenvalue weighted by atomic mass is 9.79. The van der Waals surface area contributed by atoms with Crippen LogP contribution in [0.15, 0.2) is 24.8 Å². The molecule has 0 aliphatic carbocycles. The third-order valence-electron chi connectivity index (χ3n) is 4.27. The lowest BCUT2D eigenvalue weighted by Gasteiger charge is -2.32. The molecule has 2 aromatic heterocycles. The van der Waals surface area contributed by atoms with Gasteiger partial charge in [0, 0.05) is 6.20 Å². The molecule has 0 amide bonds. The zero-order valence-electron chi connectivity index (χ0n) is 12.1. The van der Waals surface area contributed by atoms with E-state index in [1.807, 2.05) is 16.8 Å². The van der Waals surface area contributed by atoms with Gasteiger partial charge in [0.1, 0.15) is 0 Å². The summed E-state index contributed by atoms with van der Waals surface area (Å²) in [5.41, 5.74) is 2.69. The second kappa shape index (κ2) is 3.84. The molecule has 1 aliphatic rings. The van der Waals surface area contributed by atoms with Crippen LogP contribution in [0, 0.1) is 6.92 Å². The Morgan fingerprint density at radius 2 is 1.79 bits per heavy atom. The van der Waals surface area contributed by atoms with E-state index in [0.717, 1.165) is 11.0 Å². The third kappa shape index (κ3) is 1.88. The molecule has 0 radical (unpaired) electrons. The predicted octanol–water partition coefficient (Wildman–Crippen LogP) is 1.94. The summed E-state index contributed by atoms with van der Waals surface area (Å²) in [5, 5.41) is 0. The number of nitrogens with zero attached hydrogens (tertiary/aromatic N) is 2. The lowest BCUT2D eigenvalue weighted by molar-refractivity contribution is 0.00578. The lowest BCUT2D eigenvalue weighted by Crippen LogP contribution is -2.41. The molecule has 0 atom stereocenters. The van der Waals surface area contributed by atoms with Crippen LogP contribution < -0.4 is 5.46 Å². The van der Waals surface area contributed by atoms with Crippen molar-refractivity contribution in [3.63, 3.8) is 0 Å². The van der Waals surface area contributed by atoms with Gasteiger partial charge in [0.2, 0.25) is 0 Å². The maximum absolute atomic E-state index is 6.07. The number of hydrogen-bond donors (Lipinski definition) is 0. The Hall–Kier alpha value is -1.33. The molecule has 4 nitrogen and oxygen atoms in total. The molecule has 2 aromatic rings. The van der Waals surface area contributed by atoms with Gasteiger partial charge in [-0.05, 0) is 45.6 Å². The van der Waals surface area contributed by atoms with Crippen molar-refractivity contribution in [2.45, 2.75) is 45.8 Å². The van der Waals surface area contributed by atoms with Gasteiger partial charge in [-0.2, -0.15) is 0 Å². The van der Waals surface area contributed by atoms with E-state index in [4.69, 9.17) is 9.31 Å². The van der Waals surface area contributed by atoms with Crippen molar-refractivity contribution < 1.29 is 9.31 Å². The van der Waals surface area contributed by atoms with Crippen LogP contribution in [-0.2, 0) is 9.31 Å². The van der Waals surface area contributed by atoms with Crippen LogP contribution in [0.25, 0.3) is 5.52 Å². The number of pyridine rings is 1. The molecule has 0 N–H and O–H groups in total. The highest BCUT2D eigenvalue weighted by atomic mass is 16.7. The summed E-state index contributed by atoms with van der Waals surface area (Å²) >= 11 is 0. The van der Waals surface area contributed by atoms with Gasteiger partial charge >= 0.3 is 7.12 Å². The van der Waals surface area contributed by atoms with Crippen molar-refractivity contribution in [1.82, 2.24) is 9.38 Å². The van der Waals surface area contributed by atoms with E-state index in [0.29, 0.717) is 0 Å². The fourth-order valence-corrected chi connectivity index (χ4v) is 2.34. The van der Waals surface area contributed by atoms with Gasteiger partial charge in [0.25, 0.3) is 0 Å². The topological polar surface area (TPSA) is 35.8 Å². The predicted molar refractivity (Wildman–Crippen MR) is 75.6 cm³/mol. The Bertz CT molecular complexity index is 617. The average molecular weight is 258 g/mol. The minimum absolute atomic E-state index is 0.310. The first kappa shape index (κ1) is 12.7. The molecular formula is C14H19BN2O2. The van der Waals surface area contributed by atoms with Crippen molar-refractivity contribution in [3.8, 4) is 0 Å². The van der Waals surface area contributed by atoms with E-state index in [-0.39, 0.29) is 18.3 Å². The van der Waals surface area contributed by atoms with E-state index in [9.17, 15) is 0 Å². The van der Waals surface area contributed by atoms with Crippen molar-refractivity contribution in [1.29, 1.82) is 0 Å². The summed E-state index contributed by atoms with van der Waals surface area (Å²) in [7, 11) is -0.324. The number of rotatable bonds is 1. The number of aryl methyl sites for hydroxylation is 1. The Morgan fingerprint density at radius 1 is 1.16 bits per heavy atom. The molecule has 100 valence electrons. The standard InChI is InChI=1S/C14H19BN2O2/c1-10-6-11(8-17-9-16-7-12(10)17)15-18-13(2,3)14(4,5)19-15/h6-9H,1-5H3. The zero-order chi connectivity index (χ0) is 13.8. The van der Waals surface area contributed by atoms with E-state index < -0.39 is 0 Å². The maximum Gasteiger partial charge on any atom is 0.496 e. The van der Waals surface area contributed by atoms with E-state index in [1.165, 1.54) is 5.56 Å². The average Bonchev–Trinajstić information content (AvgIpc) is 2.82. The first-order chi connectivity index (χ1) is 8.80. The minimum Gasteiger partial charge on any atom is -0.399 e. The highest BCUT2D eigenvalue weighted by molar-refractivity contribution is 6.62. The second-order valence-electron chi connectivity index (χ2n) is 6.23. The molecule has 0 spiro atoms.